The van der Waals surface area contributed by atoms with Gasteiger partial charge in [0.05, 0.1) is 22.8 Å². The standard InChI is InChI=1S/C24H21N5O4S/c1-16(23(30)25-17-12-14-19(15-13-17)29(31)32)34-24-27-26-22(20-10-6-7-11-21(20)33-2)28(24)18-8-4-3-5-9-18/h3-16H,1-2H3,(H,25,30). The Morgan fingerprint density at radius 3 is 2.38 bits per heavy atom. The summed E-state index contributed by atoms with van der Waals surface area (Å²) in [6.07, 6.45) is 0. The van der Waals surface area contributed by atoms with Crippen molar-refractivity contribution in [3.63, 3.8) is 0 Å². The molecule has 0 saturated heterocycles. The highest BCUT2D eigenvalue weighted by Gasteiger charge is 2.23. The van der Waals surface area contributed by atoms with Crippen molar-refractivity contribution < 1.29 is 14.5 Å². The van der Waals surface area contributed by atoms with Crippen molar-refractivity contribution in [2.45, 2.75) is 17.3 Å². The van der Waals surface area contributed by atoms with E-state index in [4.69, 9.17) is 4.74 Å². The summed E-state index contributed by atoms with van der Waals surface area (Å²) >= 11 is 1.26. The van der Waals surface area contributed by atoms with Gasteiger partial charge in [-0.15, -0.1) is 10.2 Å². The van der Waals surface area contributed by atoms with Gasteiger partial charge in [-0.3, -0.25) is 19.5 Å². The molecule has 0 aliphatic carbocycles. The van der Waals surface area contributed by atoms with Gasteiger partial charge in [-0.2, -0.15) is 0 Å². The molecule has 0 aliphatic heterocycles. The number of nitrogens with zero attached hydrogens (tertiary/aromatic N) is 4. The Bertz CT molecular complexity index is 1310. The predicted octanol–water partition coefficient (Wildman–Crippen LogP) is 4.97. The summed E-state index contributed by atoms with van der Waals surface area (Å²) in [6.45, 7) is 1.76. The lowest BCUT2D eigenvalue weighted by Gasteiger charge is -2.15. The molecule has 1 heterocycles. The number of benzene rings is 3. The van der Waals surface area contributed by atoms with Gasteiger partial charge in [0.15, 0.2) is 11.0 Å². The van der Waals surface area contributed by atoms with Crippen LogP contribution in [-0.4, -0.2) is 38.0 Å². The molecule has 1 aromatic heterocycles. The van der Waals surface area contributed by atoms with Crippen molar-refractivity contribution in [3.8, 4) is 22.8 Å². The summed E-state index contributed by atoms with van der Waals surface area (Å²) in [5, 5.41) is 22.4. The quantitative estimate of drug-likeness (QED) is 0.217. The minimum absolute atomic E-state index is 0.0414. The topological polar surface area (TPSA) is 112 Å². The van der Waals surface area contributed by atoms with Gasteiger partial charge in [-0.25, -0.2) is 0 Å². The van der Waals surface area contributed by atoms with Crippen LogP contribution in [0.4, 0.5) is 11.4 Å². The second-order valence-electron chi connectivity index (χ2n) is 7.23. The maximum absolute atomic E-state index is 12.8. The summed E-state index contributed by atoms with van der Waals surface area (Å²) in [4.78, 5) is 23.2. The molecule has 9 nitrogen and oxygen atoms in total. The Morgan fingerprint density at radius 2 is 1.71 bits per heavy atom. The van der Waals surface area contributed by atoms with E-state index in [1.807, 2.05) is 59.2 Å². The molecule has 1 amide bonds. The van der Waals surface area contributed by atoms with Crippen LogP contribution in [0.3, 0.4) is 0 Å². The highest BCUT2D eigenvalue weighted by Crippen LogP contribution is 2.34. The zero-order valence-corrected chi connectivity index (χ0v) is 19.2. The van der Waals surface area contributed by atoms with E-state index in [0.29, 0.717) is 22.4 Å². The number of thioether (sulfide) groups is 1. The number of para-hydroxylation sites is 2. The Morgan fingerprint density at radius 1 is 1.03 bits per heavy atom. The molecule has 0 spiro atoms. The number of nitrogens with one attached hydrogen (secondary N) is 1. The number of nitro groups is 1. The Labute approximate surface area is 199 Å². The maximum Gasteiger partial charge on any atom is 0.269 e. The van der Waals surface area contributed by atoms with Crippen LogP contribution in [0, 0.1) is 10.1 Å². The number of hydrogen-bond acceptors (Lipinski definition) is 7. The molecule has 1 N–H and O–H groups in total. The lowest BCUT2D eigenvalue weighted by atomic mass is 10.2. The monoisotopic (exact) mass is 475 g/mol. The molecular weight excluding hydrogens is 454 g/mol. The lowest BCUT2D eigenvalue weighted by molar-refractivity contribution is -0.384. The minimum Gasteiger partial charge on any atom is -0.496 e. The SMILES string of the molecule is COc1ccccc1-c1nnc(SC(C)C(=O)Nc2ccc([N+](=O)[O-])cc2)n1-c1ccccc1. The number of aromatic nitrogens is 3. The van der Waals surface area contributed by atoms with Crippen molar-refractivity contribution in [1.29, 1.82) is 0 Å². The number of anilines is 1. The highest BCUT2D eigenvalue weighted by atomic mass is 32.2. The molecule has 0 aliphatic rings. The van der Waals surface area contributed by atoms with E-state index in [-0.39, 0.29) is 11.6 Å². The van der Waals surface area contributed by atoms with Gasteiger partial charge in [0.25, 0.3) is 5.69 Å². The Kier molecular flexibility index (Phi) is 6.88. The lowest BCUT2D eigenvalue weighted by Crippen LogP contribution is -2.22. The first-order chi connectivity index (χ1) is 16.5. The summed E-state index contributed by atoms with van der Waals surface area (Å²) in [6, 6.07) is 22.9. The number of non-ortho nitro benzene ring substituents is 1. The van der Waals surface area contributed by atoms with Crippen LogP contribution in [0.1, 0.15) is 6.92 Å². The van der Waals surface area contributed by atoms with E-state index in [0.717, 1.165) is 11.3 Å². The molecule has 1 unspecified atom stereocenters. The highest BCUT2D eigenvalue weighted by molar-refractivity contribution is 8.00. The number of methoxy groups -OCH3 is 1. The van der Waals surface area contributed by atoms with Crippen LogP contribution in [-0.2, 0) is 4.79 Å². The van der Waals surface area contributed by atoms with E-state index in [1.54, 1.807) is 14.0 Å². The molecular formula is C24H21N5O4S. The van der Waals surface area contributed by atoms with Gasteiger partial charge in [0, 0.05) is 23.5 Å². The zero-order chi connectivity index (χ0) is 24.1. The average molecular weight is 476 g/mol. The Balaban J connectivity index is 1.62. The van der Waals surface area contributed by atoms with E-state index in [9.17, 15) is 14.9 Å². The first kappa shape index (κ1) is 23.0. The van der Waals surface area contributed by atoms with Gasteiger partial charge in [0.2, 0.25) is 5.91 Å². The van der Waals surface area contributed by atoms with Gasteiger partial charge < -0.3 is 10.1 Å². The Hall–Kier alpha value is -4.18. The number of rotatable bonds is 8. The normalized spacial score (nSPS) is 11.6. The summed E-state index contributed by atoms with van der Waals surface area (Å²) in [5.74, 6) is 0.988. The third-order valence-corrected chi connectivity index (χ3v) is 6.04. The van der Waals surface area contributed by atoms with Crippen LogP contribution in [0.2, 0.25) is 0 Å². The summed E-state index contributed by atoms with van der Waals surface area (Å²) in [5.41, 5.74) is 2.05. The number of hydrogen-bond donors (Lipinski definition) is 1. The number of carbonyl (C=O) groups excluding carboxylic acids is 1. The average Bonchev–Trinajstić information content (AvgIpc) is 3.28. The third-order valence-electron chi connectivity index (χ3n) is 4.99. The fraction of sp³-hybridized carbons (Fsp3) is 0.125. The van der Waals surface area contributed by atoms with E-state index in [2.05, 4.69) is 15.5 Å². The molecule has 172 valence electrons. The smallest absolute Gasteiger partial charge is 0.269 e. The molecule has 0 bridgehead atoms. The molecule has 0 saturated carbocycles. The molecule has 0 fully saturated rings. The number of ether oxygens (including phenoxy) is 1. The number of amides is 1. The van der Waals surface area contributed by atoms with Gasteiger partial charge >= 0.3 is 0 Å². The van der Waals surface area contributed by atoms with Crippen molar-refractivity contribution in [1.82, 2.24) is 14.8 Å². The maximum atomic E-state index is 12.8. The fourth-order valence-corrected chi connectivity index (χ4v) is 4.15. The van der Waals surface area contributed by atoms with Gasteiger partial charge in [-0.1, -0.05) is 42.1 Å². The van der Waals surface area contributed by atoms with Crippen LogP contribution >= 0.6 is 11.8 Å². The van der Waals surface area contributed by atoms with Gasteiger partial charge in [-0.05, 0) is 43.3 Å². The largest absolute Gasteiger partial charge is 0.496 e. The molecule has 4 rings (SSSR count). The van der Waals surface area contributed by atoms with E-state index in [1.165, 1.54) is 36.0 Å². The molecule has 34 heavy (non-hydrogen) atoms. The van der Waals surface area contributed by atoms with Crippen LogP contribution in [0.25, 0.3) is 17.1 Å². The summed E-state index contributed by atoms with van der Waals surface area (Å²) in [7, 11) is 1.60. The zero-order valence-electron chi connectivity index (χ0n) is 18.4. The van der Waals surface area contributed by atoms with Crippen LogP contribution < -0.4 is 10.1 Å². The number of nitro benzene ring substituents is 1. The molecule has 1 atom stereocenters. The first-order valence-electron chi connectivity index (χ1n) is 10.3. The third kappa shape index (κ3) is 4.91. The molecule has 4 aromatic rings. The van der Waals surface area contributed by atoms with E-state index < -0.39 is 10.2 Å². The predicted molar refractivity (Wildman–Crippen MR) is 130 cm³/mol. The molecule has 10 heteroatoms. The number of carbonyl (C=O) groups is 1. The van der Waals surface area contributed by atoms with Gasteiger partial charge in [0.1, 0.15) is 5.75 Å². The van der Waals surface area contributed by atoms with Crippen molar-refractivity contribution in [2.24, 2.45) is 0 Å². The van der Waals surface area contributed by atoms with E-state index >= 15 is 0 Å². The van der Waals surface area contributed by atoms with Crippen molar-refractivity contribution >= 4 is 29.0 Å². The van der Waals surface area contributed by atoms with Crippen molar-refractivity contribution in [3.05, 3.63) is 89.0 Å². The second kappa shape index (κ2) is 10.2. The fourth-order valence-electron chi connectivity index (χ4n) is 3.28. The molecule has 0 radical (unpaired) electrons. The second-order valence-corrected chi connectivity index (χ2v) is 8.54. The first-order valence-corrected chi connectivity index (χ1v) is 11.2. The molecule has 3 aromatic carbocycles. The van der Waals surface area contributed by atoms with Crippen LogP contribution in [0.15, 0.2) is 84.0 Å². The minimum atomic E-state index is -0.521. The summed E-state index contributed by atoms with van der Waals surface area (Å²) < 4.78 is 7.40. The van der Waals surface area contributed by atoms with Crippen molar-refractivity contribution in [2.75, 3.05) is 12.4 Å². The van der Waals surface area contributed by atoms with Crippen LogP contribution in [0.5, 0.6) is 5.75 Å².